The topological polar surface area (TPSA) is 473 Å². The van der Waals surface area contributed by atoms with Crippen LogP contribution in [0.1, 0.15) is 49.6 Å². The fourth-order valence-corrected chi connectivity index (χ4v) is 8.74. The molecule has 0 saturated carbocycles. The van der Waals surface area contributed by atoms with Crippen molar-refractivity contribution in [2.75, 3.05) is 41.3 Å². The van der Waals surface area contributed by atoms with Crippen molar-refractivity contribution in [3.05, 3.63) is 158 Å². The lowest BCUT2D eigenvalue weighted by atomic mass is 10.1. The molecule has 5 aromatic carbocycles. The molecule has 454 valence electrons. The summed E-state index contributed by atoms with van der Waals surface area (Å²) in [5.74, 6) is 2.63. The second kappa shape index (κ2) is 33.8. The van der Waals surface area contributed by atoms with Crippen molar-refractivity contribution < 1.29 is 67.7 Å². The van der Waals surface area contributed by atoms with Crippen molar-refractivity contribution in [1.29, 1.82) is 0 Å². The molecule has 8 aromatic rings. The number of aromatic carboxylic acids is 1. The van der Waals surface area contributed by atoms with Gasteiger partial charge in [-0.25, -0.2) is 10.6 Å². The molecule has 0 aliphatic rings. The fourth-order valence-electron chi connectivity index (χ4n) is 6.60. The molecule has 0 fully saturated rings. The Bertz CT molecular complexity index is 3580. The van der Waals surface area contributed by atoms with Crippen LogP contribution in [0.2, 0.25) is 0 Å². The van der Waals surface area contributed by atoms with Gasteiger partial charge in [-0.05, 0) is 57.2 Å². The molecule has 0 radical (unpaired) electrons. The molecule has 8 N–H and O–H groups in total. The maximum Gasteiger partial charge on any atom is 0.339 e. The summed E-state index contributed by atoms with van der Waals surface area (Å²) < 4.78 is 25.0. The van der Waals surface area contributed by atoms with E-state index in [9.17, 15) is 59.6 Å². The highest BCUT2D eigenvalue weighted by Gasteiger charge is 2.25. The molecule has 0 saturated heterocycles. The number of methoxy groups -OCH3 is 5. The summed E-state index contributed by atoms with van der Waals surface area (Å²) in [7, 11) is 6.81. The van der Waals surface area contributed by atoms with Gasteiger partial charge >= 0.3 is 28.7 Å². The first kappa shape index (κ1) is 69.3. The quantitative estimate of drug-likeness (QED) is 0.0200. The molecule has 0 unspecified atom stereocenters. The number of para-hydroxylation sites is 5. The van der Waals surface area contributed by atoms with Crippen LogP contribution in [0, 0.1) is 61.2 Å². The van der Waals surface area contributed by atoms with Crippen molar-refractivity contribution in [2.45, 2.75) is 34.6 Å². The first-order chi connectivity index (χ1) is 40.8. The number of nitrogens with two attached hydrogens (primary N) is 2. The molecule has 86 heavy (non-hydrogen) atoms. The van der Waals surface area contributed by atoms with Gasteiger partial charge < -0.3 is 34.5 Å². The molecule has 8 rings (SSSR count). The predicted octanol–water partition coefficient (Wildman–Crippen LogP) is 7.65. The van der Waals surface area contributed by atoms with E-state index in [1.807, 2.05) is 38.3 Å². The van der Waals surface area contributed by atoms with Crippen LogP contribution in [0.3, 0.4) is 0 Å². The fraction of sp³-hybridized carbons (Fsp3) is 0.200. The summed E-state index contributed by atoms with van der Waals surface area (Å²) in [6.07, 6.45) is 0. The van der Waals surface area contributed by atoms with E-state index in [4.69, 9.17) is 29.8 Å². The van der Waals surface area contributed by atoms with Gasteiger partial charge in [0, 0.05) is 38.1 Å². The summed E-state index contributed by atoms with van der Waals surface area (Å²) in [5, 5.41) is 80.0. The number of aryl methyl sites for hydroxylation is 3. The maximum absolute atomic E-state index is 11.7. The number of nitro groups is 4. The van der Waals surface area contributed by atoms with Gasteiger partial charge in [-0.2, -0.15) is 0 Å². The molecule has 36 heteroatoms. The number of carbonyl (C=O) groups excluding carboxylic acids is 3. The van der Waals surface area contributed by atoms with Gasteiger partial charge in [0.2, 0.25) is 34.8 Å². The highest BCUT2D eigenvalue weighted by Crippen LogP contribution is 2.41. The van der Waals surface area contributed by atoms with E-state index in [-0.39, 0.29) is 62.8 Å². The number of ether oxygens (including phenoxy) is 5. The van der Waals surface area contributed by atoms with E-state index >= 15 is 0 Å². The van der Waals surface area contributed by atoms with E-state index in [1.165, 1.54) is 125 Å². The minimum Gasteiger partial charge on any atom is -0.494 e. The number of aromatic nitrogens is 6. The first-order valence-electron chi connectivity index (χ1n) is 23.7. The Kier molecular flexibility index (Phi) is 27.3. The third-order valence-corrected chi connectivity index (χ3v) is 12.7. The Morgan fingerprint density at radius 1 is 0.465 bits per heavy atom. The van der Waals surface area contributed by atoms with E-state index in [2.05, 4.69) is 52.0 Å². The second-order valence-corrected chi connectivity index (χ2v) is 19.5. The molecule has 3 aromatic heterocycles. The summed E-state index contributed by atoms with van der Waals surface area (Å²) in [5.41, 5.74) is 13.5. The summed E-state index contributed by atoms with van der Waals surface area (Å²) in [6, 6.07) is 22.7. The van der Waals surface area contributed by atoms with Crippen LogP contribution in [-0.2, 0) is 9.59 Å². The Hall–Kier alpha value is -11.0. The van der Waals surface area contributed by atoms with Gasteiger partial charge in [-0.1, -0.05) is 64.3 Å². The van der Waals surface area contributed by atoms with Gasteiger partial charge in [-0.15, -0.1) is 30.6 Å². The zero-order valence-electron chi connectivity index (χ0n) is 46.9. The molecule has 0 aliphatic heterocycles. The van der Waals surface area contributed by atoms with Gasteiger partial charge in [0.1, 0.15) is 20.6 Å². The van der Waals surface area contributed by atoms with Crippen molar-refractivity contribution in [1.82, 2.24) is 46.9 Å². The lowest BCUT2D eigenvalue weighted by molar-refractivity contribution is -0.385. The second-order valence-electron chi connectivity index (χ2n) is 15.9. The number of hydrazine groups is 2. The molecule has 0 spiro atoms. The Balaban J connectivity index is 0.000000276. The Morgan fingerprint density at radius 2 is 0.767 bits per heavy atom. The van der Waals surface area contributed by atoms with Gasteiger partial charge in [-0.3, -0.25) is 71.1 Å². The molecule has 33 nitrogen and oxygen atoms in total. The number of amides is 3. The van der Waals surface area contributed by atoms with Crippen LogP contribution in [-0.4, -0.2) is 115 Å². The minimum absolute atomic E-state index is 0.0412. The molecular weight excluding hydrogens is 1190 g/mol. The average molecular weight is 1250 g/mol. The van der Waals surface area contributed by atoms with E-state index in [0.29, 0.717) is 32.6 Å². The SMILES string of the molecule is CC(=O)NN.COc1c(-c2nnc(C)s2)cccc1[N+](=O)[O-].COc1c(-c2nnc(C)s2)cccc1[N+](=O)[O-].COc1c(C(=O)NNC(C)=O)cccc1[N+](=O)[O-].COc1c(C(=O)O)cccc1[N+](=O)[O-].COc1c(N)cccc1-c1nnc(C)s1. The minimum atomic E-state index is -1.26. The van der Waals surface area contributed by atoms with Crippen LogP contribution in [0.5, 0.6) is 28.7 Å². The largest absolute Gasteiger partial charge is 0.494 e. The van der Waals surface area contributed by atoms with E-state index in [1.54, 1.807) is 37.4 Å². The normalized spacial score (nSPS) is 9.76. The zero-order valence-corrected chi connectivity index (χ0v) is 49.3. The number of hydrogen-bond donors (Lipinski definition) is 6. The maximum atomic E-state index is 11.7. The molecule has 0 bridgehead atoms. The Morgan fingerprint density at radius 3 is 1.06 bits per heavy atom. The highest BCUT2D eigenvalue weighted by molar-refractivity contribution is 7.15. The predicted molar refractivity (Wildman–Crippen MR) is 313 cm³/mol. The van der Waals surface area contributed by atoms with Crippen molar-refractivity contribution in [3.8, 4) is 60.5 Å². The van der Waals surface area contributed by atoms with Crippen LogP contribution in [0.15, 0.2) is 91.0 Å². The zero-order chi connectivity index (χ0) is 64.4. The number of hydrogen-bond acceptors (Lipinski definition) is 28. The van der Waals surface area contributed by atoms with Crippen LogP contribution in [0.4, 0.5) is 28.4 Å². The van der Waals surface area contributed by atoms with Crippen molar-refractivity contribution in [2.24, 2.45) is 5.84 Å². The van der Waals surface area contributed by atoms with E-state index in [0.717, 1.165) is 25.6 Å². The number of rotatable bonds is 14. The van der Waals surface area contributed by atoms with Gasteiger partial charge in [0.15, 0.2) is 20.8 Å². The summed E-state index contributed by atoms with van der Waals surface area (Å²) in [6.45, 7) is 8.13. The number of nitrogens with zero attached hydrogens (tertiary/aromatic N) is 10. The average Bonchev–Trinajstić information content (AvgIpc) is 3.01. The van der Waals surface area contributed by atoms with Crippen molar-refractivity contribution >= 4 is 86.1 Å². The summed E-state index contributed by atoms with van der Waals surface area (Å²) >= 11 is 4.25. The number of nitrogen functional groups attached to an aromatic ring is 1. The molecule has 3 heterocycles. The number of carboxylic acids is 1. The molecule has 0 atom stereocenters. The number of anilines is 1. The molecule has 3 amide bonds. The lowest BCUT2D eigenvalue weighted by Crippen LogP contribution is -2.40. The van der Waals surface area contributed by atoms with Crippen molar-refractivity contribution in [3.63, 3.8) is 0 Å². The summed E-state index contributed by atoms with van der Waals surface area (Å²) in [4.78, 5) is 83.2. The monoisotopic (exact) mass is 1250 g/mol. The number of benzene rings is 5. The van der Waals surface area contributed by atoms with Crippen LogP contribution < -0.4 is 51.5 Å². The third kappa shape index (κ3) is 19.6. The third-order valence-electron chi connectivity index (χ3n) is 10.1. The smallest absolute Gasteiger partial charge is 0.339 e. The van der Waals surface area contributed by atoms with E-state index < -0.39 is 37.5 Å². The number of nitro benzene ring substituents is 4. The Labute approximate surface area is 498 Å². The van der Waals surface area contributed by atoms with Crippen LogP contribution >= 0.6 is 34.0 Å². The standard InChI is InChI=1S/C10H11N3O5.2C10H9N3O3S.C10H11N3OS.C8H7NO5.C2H6N2O/c1-6(14)11-12-10(15)7-4-3-5-8(13(16)17)9(7)18-2;2*1-6-11-12-10(17-6)7-4-3-5-8(13(14)15)9(7)16-2;1-6-12-13-10(15-6)7-4-3-5-8(11)9(7)14-2;1-14-7-5(8(10)11)3-2-4-6(7)9(12)13;1-2(5)4-3/h3-5H,1-2H3,(H,11,14)(H,12,15);2*3-5H,1-2H3;3-5H,11H2,1-2H3;2-4H,1H3,(H,10,11);3H2,1H3,(H,4,5). The lowest BCUT2D eigenvalue weighted by Gasteiger charge is -2.09. The van der Waals surface area contributed by atoms with Crippen LogP contribution in [0.25, 0.3) is 31.7 Å². The number of carboxylic acid groups (broad SMARTS) is 1. The first-order valence-corrected chi connectivity index (χ1v) is 26.1. The van der Waals surface area contributed by atoms with Gasteiger partial charge in [0.05, 0.1) is 83.2 Å². The molecular formula is C50H53N15O18S3. The number of nitrogens with one attached hydrogen (secondary N) is 3. The van der Waals surface area contributed by atoms with Gasteiger partial charge in [0.25, 0.3) is 5.91 Å². The highest BCUT2D eigenvalue weighted by atomic mass is 32.1. The molecule has 0 aliphatic carbocycles. The number of carbonyl (C=O) groups is 4.